The Kier molecular flexibility index (Phi) is 3.79. The zero-order valence-electron chi connectivity index (χ0n) is 10.6. The first-order valence-electron chi connectivity index (χ1n) is 5.88. The van der Waals surface area contributed by atoms with Crippen molar-refractivity contribution >= 4 is 5.71 Å². The number of alkyl halides is 3. The minimum absolute atomic E-state index is 0.476. The highest BCUT2D eigenvalue weighted by atomic mass is 19.4. The Morgan fingerprint density at radius 3 is 1.75 bits per heavy atom. The summed E-state index contributed by atoms with van der Waals surface area (Å²) in [6.45, 7) is 1.66. The van der Waals surface area contributed by atoms with Crippen LogP contribution in [0.3, 0.4) is 0 Å². The molecule has 2 aromatic rings. The summed E-state index contributed by atoms with van der Waals surface area (Å²) in [5, 5.41) is 11.8. The Hall–Kier alpha value is -2.30. The zero-order valence-corrected chi connectivity index (χ0v) is 10.6. The number of nitrogens with zero attached hydrogens (tertiary/aromatic N) is 1. The van der Waals surface area contributed by atoms with E-state index in [1.54, 1.807) is 31.2 Å². The fraction of sp³-hybridized carbons (Fsp3) is 0.133. The third kappa shape index (κ3) is 2.99. The maximum Gasteiger partial charge on any atom is 0.416 e. The number of halogens is 3. The van der Waals surface area contributed by atoms with Crippen molar-refractivity contribution in [3.63, 3.8) is 0 Å². The van der Waals surface area contributed by atoms with Gasteiger partial charge in [0.2, 0.25) is 0 Å². The van der Waals surface area contributed by atoms with Crippen LogP contribution in [0.2, 0.25) is 0 Å². The summed E-state index contributed by atoms with van der Waals surface area (Å²) in [6.07, 6.45) is -4.32. The first-order chi connectivity index (χ1) is 9.41. The molecule has 0 amide bonds. The molecule has 0 aliphatic rings. The summed E-state index contributed by atoms with van der Waals surface area (Å²) in [6, 6.07) is 12.0. The second-order valence-corrected chi connectivity index (χ2v) is 4.34. The number of hydrogen-bond donors (Lipinski definition) is 1. The lowest BCUT2D eigenvalue weighted by Crippen LogP contribution is -2.04. The van der Waals surface area contributed by atoms with Crippen molar-refractivity contribution in [1.29, 1.82) is 0 Å². The standard InChI is InChI=1S/C15H12F3NO/c1-10(19-20)11-2-4-12(5-3-11)13-6-8-14(9-7-13)15(16,17)18/h2-9,20H,1H3. The lowest BCUT2D eigenvalue weighted by Gasteiger charge is -2.08. The van der Waals surface area contributed by atoms with Crippen LogP contribution >= 0.6 is 0 Å². The number of hydrogen-bond acceptors (Lipinski definition) is 2. The van der Waals surface area contributed by atoms with E-state index in [0.29, 0.717) is 11.3 Å². The average molecular weight is 279 g/mol. The van der Waals surface area contributed by atoms with Gasteiger partial charge in [-0.3, -0.25) is 0 Å². The largest absolute Gasteiger partial charge is 0.416 e. The maximum atomic E-state index is 12.5. The van der Waals surface area contributed by atoms with Crippen LogP contribution in [0.25, 0.3) is 11.1 Å². The second kappa shape index (κ2) is 5.36. The van der Waals surface area contributed by atoms with Gasteiger partial charge in [0.15, 0.2) is 0 Å². The molecule has 0 saturated heterocycles. The van der Waals surface area contributed by atoms with Gasteiger partial charge in [0.25, 0.3) is 0 Å². The predicted octanol–water partition coefficient (Wildman–Crippen LogP) is 4.57. The van der Waals surface area contributed by atoms with E-state index < -0.39 is 11.7 Å². The van der Waals surface area contributed by atoms with Crippen molar-refractivity contribution in [2.24, 2.45) is 5.16 Å². The second-order valence-electron chi connectivity index (χ2n) is 4.34. The molecule has 0 bridgehead atoms. The van der Waals surface area contributed by atoms with E-state index in [4.69, 9.17) is 5.21 Å². The summed E-state index contributed by atoms with van der Waals surface area (Å²) in [7, 11) is 0. The highest BCUT2D eigenvalue weighted by Crippen LogP contribution is 2.31. The third-order valence-electron chi connectivity index (χ3n) is 3.00. The van der Waals surface area contributed by atoms with Crippen molar-refractivity contribution in [2.45, 2.75) is 13.1 Å². The van der Waals surface area contributed by atoms with E-state index in [2.05, 4.69) is 5.16 Å². The summed E-state index contributed by atoms with van der Waals surface area (Å²) in [4.78, 5) is 0. The molecule has 2 nitrogen and oxygen atoms in total. The summed E-state index contributed by atoms with van der Waals surface area (Å²) in [5.41, 5.74) is 2.06. The van der Waals surface area contributed by atoms with E-state index in [1.165, 1.54) is 12.1 Å². The summed E-state index contributed by atoms with van der Waals surface area (Å²) >= 11 is 0. The van der Waals surface area contributed by atoms with Gasteiger partial charge in [0, 0.05) is 0 Å². The molecular weight excluding hydrogens is 267 g/mol. The molecule has 0 aliphatic carbocycles. The van der Waals surface area contributed by atoms with Crippen molar-refractivity contribution in [3.05, 3.63) is 59.7 Å². The van der Waals surface area contributed by atoms with Crippen molar-refractivity contribution in [1.82, 2.24) is 0 Å². The van der Waals surface area contributed by atoms with Gasteiger partial charge < -0.3 is 5.21 Å². The Morgan fingerprint density at radius 2 is 1.35 bits per heavy atom. The maximum absolute atomic E-state index is 12.5. The predicted molar refractivity (Wildman–Crippen MR) is 70.9 cm³/mol. The number of rotatable bonds is 2. The average Bonchev–Trinajstić information content (AvgIpc) is 2.46. The molecule has 104 valence electrons. The number of benzene rings is 2. The van der Waals surface area contributed by atoms with Crippen LogP contribution in [0.5, 0.6) is 0 Å². The summed E-state index contributed by atoms with van der Waals surface area (Å²) < 4.78 is 37.4. The van der Waals surface area contributed by atoms with E-state index in [-0.39, 0.29) is 0 Å². The Bertz CT molecular complexity index is 613. The highest BCUT2D eigenvalue weighted by molar-refractivity contribution is 5.98. The molecule has 0 aromatic heterocycles. The molecule has 0 radical (unpaired) electrons. The summed E-state index contributed by atoms with van der Waals surface area (Å²) in [5.74, 6) is 0. The van der Waals surface area contributed by atoms with Crippen molar-refractivity contribution in [2.75, 3.05) is 0 Å². The van der Waals surface area contributed by atoms with Crippen LogP contribution in [0.4, 0.5) is 13.2 Å². The molecule has 0 fully saturated rings. The van der Waals surface area contributed by atoms with Crippen LogP contribution < -0.4 is 0 Å². The zero-order chi connectivity index (χ0) is 14.8. The normalized spacial score (nSPS) is 12.5. The first kappa shape index (κ1) is 14.1. The van der Waals surface area contributed by atoms with Gasteiger partial charge in [-0.05, 0) is 35.7 Å². The third-order valence-corrected chi connectivity index (χ3v) is 3.00. The minimum Gasteiger partial charge on any atom is -0.411 e. The van der Waals surface area contributed by atoms with Crippen LogP contribution in [0, 0.1) is 0 Å². The Balaban J connectivity index is 2.28. The van der Waals surface area contributed by atoms with Gasteiger partial charge in [-0.25, -0.2) is 0 Å². The lowest BCUT2D eigenvalue weighted by atomic mass is 10.0. The molecule has 1 N–H and O–H groups in total. The smallest absolute Gasteiger partial charge is 0.411 e. The number of oxime groups is 1. The van der Waals surface area contributed by atoms with Gasteiger partial charge >= 0.3 is 6.18 Å². The fourth-order valence-electron chi connectivity index (χ4n) is 1.81. The highest BCUT2D eigenvalue weighted by Gasteiger charge is 2.29. The molecule has 2 aromatic carbocycles. The fourth-order valence-corrected chi connectivity index (χ4v) is 1.81. The molecule has 0 heterocycles. The van der Waals surface area contributed by atoms with Crippen LogP contribution in [0.15, 0.2) is 53.7 Å². The molecular formula is C15H12F3NO. The quantitative estimate of drug-likeness (QED) is 0.487. The molecule has 2 rings (SSSR count). The molecule has 0 unspecified atom stereocenters. The minimum atomic E-state index is -4.32. The SMILES string of the molecule is CC(=NO)c1ccc(-c2ccc(C(F)(F)F)cc2)cc1. The van der Waals surface area contributed by atoms with E-state index in [0.717, 1.165) is 23.3 Å². The van der Waals surface area contributed by atoms with Crippen molar-refractivity contribution in [3.8, 4) is 11.1 Å². The van der Waals surface area contributed by atoms with Crippen LogP contribution in [0.1, 0.15) is 18.1 Å². The van der Waals surface area contributed by atoms with Gasteiger partial charge in [0.05, 0.1) is 11.3 Å². The first-order valence-corrected chi connectivity index (χ1v) is 5.88. The lowest BCUT2D eigenvalue weighted by molar-refractivity contribution is -0.137. The van der Waals surface area contributed by atoms with Gasteiger partial charge in [0.1, 0.15) is 0 Å². The molecule has 0 aliphatic heterocycles. The van der Waals surface area contributed by atoms with Crippen LogP contribution in [-0.2, 0) is 6.18 Å². The molecule has 20 heavy (non-hydrogen) atoms. The molecule has 0 saturated carbocycles. The van der Waals surface area contributed by atoms with Crippen molar-refractivity contribution < 1.29 is 18.4 Å². The van der Waals surface area contributed by atoms with Gasteiger partial charge in [-0.2, -0.15) is 13.2 Å². The van der Waals surface area contributed by atoms with E-state index in [1.807, 2.05) is 0 Å². The molecule has 5 heteroatoms. The Morgan fingerprint density at radius 1 is 0.900 bits per heavy atom. The monoisotopic (exact) mass is 279 g/mol. The van der Waals surface area contributed by atoms with Crippen LogP contribution in [-0.4, -0.2) is 10.9 Å². The van der Waals surface area contributed by atoms with Gasteiger partial charge in [-0.1, -0.05) is 41.6 Å². The van der Waals surface area contributed by atoms with E-state index >= 15 is 0 Å². The van der Waals surface area contributed by atoms with E-state index in [9.17, 15) is 13.2 Å². The molecule has 0 spiro atoms. The Labute approximate surface area is 114 Å². The molecule has 0 atom stereocenters. The topological polar surface area (TPSA) is 32.6 Å². The van der Waals surface area contributed by atoms with Gasteiger partial charge in [-0.15, -0.1) is 0 Å².